The van der Waals surface area contributed by atoms with Gasteiger partial charge in [-0.15, -0.1) is 0 Å². The van der Waals surface area contributed by atoms with Crippen molar-refractivity contribution in [3.63, 3.8) is 0 Å². The van der Waals surface area contributed by atoms with Crippen molar-refractivity contribution in [2.24, 2.45) is 5.41 Å². The first-order chi connectivity index (χ1) is 12.4. The van der Waals surface area contributed by atoms with Gasteiger partial charge in [0.25, 0.3) is 0 Å². The molecule has 0 aromatic carbocycles. The summed E-state index contributed by atoms with van der Waals surface area (Å²) < 4.78 is 37.6. The first-order valence-electron chi connectivity index (χ1n) is 8.19. The molecule has 11 heteroatoms. The Balaban J connectivity index is 0. The fourth-order valence-electron chi connectivity index (χ4n) is 1.32. The van der Waals surface area contributed by atoms with E-state index in [9.17, 15) is 22.8 Å². The molecule has 27 heavy (non-hydrogen) atoms. The van der Waals surface area contributed by atoms with Crippen LogP contribution in [0.5, 0.6) is 0 Å². The molecule has 0 amide bonds. The molecule has 0 radical (unpaired) electrons. The molecular weight excluding hydrogens is 375 g/mol. The van der Waals surface area contributed by atoms with Crippen LogP contribution >= 0.6 is 0 Å². The normalized spacial score (nSPS) is 13.6. The van der Waals surface area contributed by atoms with E-state index >= 15 is 0 Å². The molecule has 0 atom stereocenters. The summed E-state index contributed by atoms with van der Waals surface area (Å²) in [6.07, 6.45) is 5.85. The van der Waals surface area contributed by atoms with Crippen LogP contribution in [0.2, 0.25) is 5.09 Å². The van der Waals surface area contributed by atoms with Gasteiger partial charge in [0.1, 0.15) is 18.6 Å². The number of hydrogen-bond donors (Lipinski definition) is 2. The van der Waals surface area contributed by atoms with E-state index in [1.54, 1.807) is 13.8 Å². The topological polar surface area (TPSA) is 144 Å². The molecule has 0 saturated carbocycles. The Bertz CT molecular complexity index is 610. The molecule has 0 aromatic rings. The van der Waals surface area contributed by atoms with Gasteiger partial charge in [-0.2, -0.15) is 0 Å². The Labute approximate surface area is 168 Å². The monoisotopic (exact) mass is 400 g/mol. The van der Waals surface area contributed by atoms with Crippen molar-refractivity contribution >= 4 is 45.7 Å². The van der Waals surface area contributed by atoms with Crippen LogP contribution < -0.4 is 0 Å². The Morgan fingerprint density at radius 3 is 1.67 bits per heavy atom. The number of esters is 2. The summed E-state index contributed by atoms with van der Waals surface area (Å²) in [4.78, 5) is 33.4. The van der Waals surface area contributed by atoms with E-state index in [0.29, 0.717) is 6.42 Å². The third-order valence-corrected chi connectivity index (χ3v) is 3.75. The van der Waals surface area contributed by atoms with Crippen LogP contribution in [-0.4, -0.2) is 72.7 Å². The zero-order valence-electron chi connectivity index (χ0n) is 16.0. The summed E-state index contributed by atoms with van der Waals surface area (Å²) in [7, 11) is -3.69. The Hall–Kier alpha value is -1.60. The molecule has 0 heterocycles. The number of allylic oxidation sites excluding steroid dienone is 2. The number of hydrogen-bond acceptors (Lipinski definition) is 7. The number of carboxylic acid groups (broad SMARTS) is 1. The van der Waals surface area contributed by atoms with Crippen LogP contribution in [0.4, 0.5) is 0 Å². The molecule has 0 aliphatic rings. The van der Waals surface area contributed by atoms with Crippen LogP contribution in [0, 0.1) is 5.41 Å². The van der Waals surface area contributed by atoms with Crippen molar-refractivity contribution in [2.45, 2.75) is 32.3 Å². The van der Waals surface area contributed by atoms with Gasteiger partial charge in [-0.05, 0) is 20.8 Å². The quantitative estimate of drug-likeness (QED) is 0.239. The summed E-state index contributed by atoms with van der Waals surface area (Å²) >= 11 is 1.87. The van der Waals surface area contributed by atoms with Crippen LogP contribution in [0.3, 0.4) is 0 Å². The number of carbonyl (C=O) groups is 3. The Kier molecular flexibility index (Phi) is 14.8. The van der Waals surface area contributed by atoms with Crippen LogP contribution in [0.25, 0.3) is 0 Å². The number of carboxylic acids is 1. The molecule has 0 aliphatic carbocycles. The average molecular weight is 400 g/mol. The van der Waals surface area contributed by atoms with Crippen molar-refractivity contribution in [3.05, 3.63) is 24.3 Å². The van der Waals surface area contributed by atoms with Gasteiger partial charge in [-0.1, -0.05) is 12.2 Å². The zero-order chi connectivity index (χ0) is 21.5. The van der Waals surface area contributed by atoms with Crippen molar-refractivity contribution in [1.82, 2.24) is 0 Å². The summed E-state index contributed by atoms with van der Waals surface area (Å²) in [5.74, 6) is -2.61. The predicted octanol–water partition coefficient (Wildman–Crippen LogP) is 1.17. The third kappa shape index (κ3) is 16.3. The fraction of sp³-hybridized carbons (Fsp3) is 0.562. The first kappa shape index (κ1) is 27.6. The molecule has 0 saturated heterocycles. The minimum absolute atomic E-state index is 0.108. The van der Waals surface area contributed by atoms with E-state index < -0.39 is 33.4 Å². The molecule has 0 aliphatic heterocycles. The fourth-order valence-corrected chi connectivity index (χ4v) is 1.97. The molecule has 9 nitrogen and oxygen atoms in total. The van der Waals surface area contributed by atoms with Gasteiger partial charge < -0.3 is 14.6 Å². The predicted molar refractivity (Wildman–Crippen MR) is 98.9 cm³/mol. The molecule has 0 aromatic heterocycles. The van der Waals surface area contributed by atoms with Gasteiger partial charge in [0.05, 0.1) is 0 Å². The maximum absolute atomic E-state index is 11.1. The number of aliphatic carboxylic acids is 1. The van der Waals surface area contributed by atoms with E-state index in [0.717, 1.165) is 5.09 Å². The van der Waals surface area contributed by atoms with Crippen LogP contribution in [0.15, 0.2) is 24.3 Å². The van der Waals surface area contributed by atoms with Gasteiger partial charge in [0.2, 0.25) is 0 Å². The van der Waals surface area contributed by atoms with Gasteiger partial charge >= 0.3 is 76.0 Å². The van der Waals surface area contributed by atoms with Crippen LogP contribution in [0.1, 0.15) is 27.2 Å². The number of ether oxygens (including phenoxy) is 2. The molecule has 0 rings (SSSR count). The molecule has 0 bridgehead atoms. The third-order valence-electron chi connectivity index (χ3n) is 2.94. The van der Waals surface area contributed by atoms with Gasteiger partial charge in [-0.25, -0.2) is 9.59 Å². The zero-order valence-corrected chi connectivity index (χ0v) is 16.8. The van der Waals surface area contributed by atoms with Gasteiger partial charge in [-0.3, -0.25) is 4.79 Å². The van der Waals surface area contributed by atoms with E-state index in [1.165, 1.54) is 31.2 Å². The first-order valence-corrected chi connectivity index (χ1v) is 9.80. The van der Waals surface area contributed by atoms with E-state index in [1.807, 2.05) is 17.7 Å². The van der Waals surface area contributed by atoms with Crippen molar-refractivity contribution in [1.29, 1.82) is 0 Å². The van der Waals surface area contributed by atoms with E-state index in [4.69, 9.17) is 19.1 Å². The average Bonchev–Trinajstić information content (AvgIpc) is 2.56. The Morgan fingerprint density at radius 2 is 1.44 bits per heavy atom. The van der Waals surface area contributed by atoms with E-state index in [2.05, 4.69) is 0 Å². The minimum atomic E-state index is -3.69. The van der Waals surface area contributed by atoms with Crippen molar-refractivity contribution in [2.75, 3.05) is 19.0 Å². The van der Waals surface area contributed by atoms with E-state index in [-0.39, 0.29) is 19.0 Å². The van der Waals surface area contributed by atoms with Crippen LogP contribution in [-0.2, 0) is 34.0 Å². The molecule has 2 N–H and O–H groups in total. The molecule has 0 unspecified atom stereocenters. The molecule has 0 fully saturated rings. The number of carbonyl (C=O) groups excluding carboxylic acids is 2. The Morgan fingerprint density at radius 1 is 1.04 bits per heavy atom. The molecule has 150 valence electrons. The summed E-state index contributed by atoms with van der Waals surface area (Å²) in [6, 6.07) is 0. The molecule has 0 spiro atoms. The van der Waals surface area contributed by atoms with Crippen molar-refractivity contribution < 1.29 is 41.9 Å². The second-order valence-corrected chi connectivity index (χ2v) is 7.29. The van der Waals surface area contributed by atoms with Gasteiger partial charge in [0, 0.05) is 12.2 Å². The standard InChI is InChI=1S/C13H18O6.C3H7O3S.Li/c1-4-6-10(14)18-8-13(3,12(16)17)9-19-11(15)7-5-2;1-2-3-7(4,5)6;/h4-7H,8-9H2,1-3H3,(H,16,17);1-3H2,(H,4,5,6);. The second kappa shape index (κ2) is 14.5. The molecular formula is C16H25LiO9S. The van der Waals surface area contributed by atoms with Crippen molar-refractivity contribution in [3.8, 4) is 0 Å². The SMILES string of the molecule is CC=CC(=O)OCC(C)(COC(=O)C=CC)C(=O)O.[Li][CH2]CCS(=O)(=O)O. The number of rotatable bonds is 10. The summed E-state index contributed by atoms with van der Waals surface area (Å²) in [6.45, 7) is 3.84. The maximum atomic E-state index is 11.1. The van der Waals surface area contributed by atoms with Gasteiger partial charge in [0.15, 0.2) is 0 Å². The second-order valence-electron chi connectivity index (χ2n) is 5.72. The summed E-state index contributed by atoms with van der Waals surface area (Å²) in [5.41, 5.74) is -1.48. The summed E-state index contributed by atoms with van der Waals surface area (Å²) in [5, 5.41) is 9.89.